The molecule has 3 nitrogen and oxygen atoms in total. The predicted molar refractivity (Wildman–Crippen MR) is 51.4 cm³/mol. The van der Waals surface area contributed by atoms with Crippen LogP contribution in [0.25, 0.3) is 0 Å². The fourth-order valence-corrected chi connectivity index (χ4v) is 1.42. The van der Waals surface area contributed by atoms with Crippen molar-refractivity contribution in [1.29, 1.82) is 0 Å². The summed E-state index contributed by atoms with van der Waals surface area (Å²) in [6.07, 6.45) is 5.57. The van der Waals surface area contributed by atoms with E-state index in [1.807, 2.05) is 6.92 Å². The van der Waals surface area contributed by atoms with Gasteiger partial charge in [-0.15, -0.1) is 0 Å². The molecule has 0 radical (unpaired) electrons. The number of hydrogen-bond donors (Lipinski definition) is 1. The predicted octanol–water partition coefficient (Wildman–Crippen LogP) is 1.11. The Balaban J connectivity index is 2.13. The summed E-state index contributed by atoms with van der Waals surface area (Å²) in [5, 5.41) is 2.85. The third kappa shape index (κ3) is 4.08. The van der Waals surface area contributed by atoms with Gasteiger partial charge in [0.05, 0.1) is 6.61 Å². The van der Waals surface area contributed by atoms with Crippen LogP contribution < -0.4 is 5.32 Å². The third-order valence-electron chi connectivity index (χ3n) is 2.14. The largest absolute Gasteiger partial charge is 0.381 e. The summed E-state index contributed by atoms with van der Waals surface area (Å²) in [5.41, 5.74) is 0. The molecule has 0 aromatic heterocycles. The van der Waals surface area contributed by atoms with Gasteiger partial charge >= 0.3 is 0 Å². The average Bonchev–Trinajstić information content (AvgIpc) is 2.17. The SMILES string of the molecule is CC=CC(=O)NCC1CCCOC1. The number of nitrogens with one attached hydrogen (secondary N) is 1. The van der Waals surface area contributed by atoms with Gasteiger partial charge in [-0.1, -0.05) is 6.08 Å². The lowest BCUT2D eigenvalue weighted by atomic mass is 10.0. The van der Waals surface area contributed by atoms with Crippen molar-refractivity contribution in [3.05, 3.63) is 12.2 Å². The maximum atomic E-state index is 11.0. The van der Waals surface area contributed by atoms with E-state index in [-0.39, 0.29) is 5.91 Å². The first-order chi connectivity index (χ1) is 6.33. The number of carbonyl (C=O) groups excluding carboxylic acids is 1. The molecule has 74 valence electrons. The van der Waals surface area contributed by atoms with E-state index in [1.165, 1.54) is 0 Å². The molecule has 1 saturated heterocycles. The Morgan fingerprint density at radius 1 is 1.69 bits per heavy atom. The molecule has 1 fully saturated rings. The maximum Gasteiger partial charge on any atom is 0.243 e. The number of carbonyl (C=O) groups is 1. The van der Waals surface area contributed by atoms with Crippen LogP contribution in [0.2, 0.25) is 0 Å². The van der Waals surface area contributed by atoms with E-state index < -0.39 is 0 Å². The first-order valence-electron chi connectivity index (χ1n) is 4.81. The molecular formula is C10H17NO2. The van der Waals surface area contributed by atoms with Crippen molar-refractivity contribution in [2.45, 2.75) is 19.8 Å². The van der Waals surface area contributed by atoms with Gasteiger partial charge in [-0.25, -0.2) is 0 Å². The van der Waals surface area contributed by atoms with E-state index in [0.29, 0.717) is 5.92 Å². The van der Waals surface area contributed by atoms with Crippen LogP contribution in [0.3, 0.4) is 0 Å². The van der Waals surface area contributed by atoms with Gasteiger partial charge in [0, 0.05) is 13.2 Å². The lowest BCUT2D eigenvalue weighted by Crippen LogP contribution is -2.32. The molecule has 0 aromatic carbocycles. The van der Waals surface area contributed by atoms with Gasteiger partial charge in [-0.05, 0) is 31.8 Å². The smallest absolute Gasteiger partial charge is 0.243 e. The standard InChI is InChI=1S/C10H17NO2/c1-2-4-10(12)11-7-9-5-3-6-13-8-9/h2,4,9H,3,5-8H2,1H3,(H,11,12). The Bertz CT molecular complexity index is 183. The van der Waals surface area contributed by atoms with Crippen LogP contribution in [0.4, 0.5) is 0 Å². The fraction of sp³-hybridized carbons (Fsp3) is 0.700. The highest BCUT2D eigenvalue weighted by Crippen LogP contribution is 2.11. The number of ether oxygens (including phenoxy) is 1. The van der Waals surface area contributed by atoms with Crippen LogP contribution >= 0.6 is 0 Å². The van der Waals surface area contributed by atoms with Gasteiger partial charge in [-0.3, -0.25) is 4.79 Å². The molecule has 1 N–H and O–H groups in total. The highest BCUT2D eigenvalue weighted by Gasteiger charge is 2.13. The number of rotatable bonds is 3. The molecule has 1 heterocycles. The Labute approximate surface area is 79.2 Å². The van der Waals surface area contributed by atoms with Gasteiger partial charge in [-0.2, -0.15) is 0 Å². The average molecular weight is 183 g/mol. The first kappa shape index (κ1) is 10.3. The molecule has 0 spiro atoms. The normalized spacial score (nSPS) is 23.3. The van der Waals surface area contributed by atoms with Crippen LogP contribution in [-0.4, -0.2) is 25.7 Å². The molecule has 13 heavy (non-hydrogen) atoms. The van der Waals surface area contributed by atoms with E-state index in [9.17, 15) is 4.79 Å². The lowest BCUT2D eigenvalue weighted by molar-refractivity contribution is -0.116. The van der Waals surface area contributed by atoms with E-state index in [1.54, 1.807) is 12.2 Å². The Hall–Kier alpha value is -0.830. The van der Waals surface area contributed by atoms with Crippen molar-refractivity contribution in [2.24, 2.45) is 5.92 Å². The van der Waals surface area contributed by atoms with Gasteiger partial charge in [0.1, 0.15) is 0 Å². The van der Waals surface area contributed by atoms with Crippen LogP contribution in [0, 0.1) is 5.92 Å². The molecule has 1 rings (SSSR count). The van der Waals surface area contributed by atoms with Crippen molar-refractivity contribution < 1.29 is 9.53 Å². The molecule has 1 aliphatic rings. The van der Waals surface area contributed by atoms with E-state index >= 15 is 0 Å². The monoisotopic (exact) mass is 183 g/mol. The Kier molecular flexibility index (Phi) is 4.54. The molecule has 1 aliphatic heterocycles. The zero-order chi connectivity index (χ0) is 9.52. The summed E-state index contributed by atoms with van der Waals surface area (Å²) in [4.78, 5) is 11.0. The topological polar surface area (TPSA) is 38.3 Å². The quantitative estimate of drug-likeness (QED) is 0.665. The van der Waals surface area contributed by atoms with Crippen LogP contribution in [0.15, 0.2) is 12.2 Å². The van der Waals surface area contributed by atoms with Crippen molar-refractivity contribution in [1.82, 2.24) is 5.32 Å². The molecule has 0 saturated carbocycles. The minimum Gasteiger partial charge on any atom is -0.381 e. The van der Waals surface area contributed by atoms with Crippen molar-refractivity contribution in [3.63, 3.8) is 0 Å². The second-order valence-corrected chi connectivity index (χ2v) is 3.33. The highest BCUT2D eigenvalue weighted by molar-refractivity contribution is 5.87. The van der Waals surface area contributed by atoms with Crippen molar-refractivity contribution in [2.75, 3.05) is 19.8 Å². The summed E-state index contributed by atoms with van der Waals surface area (Å²) in [6, 6.07) is 0. The molecule has 0 aliphatic carbocycles. The number of allylic oxidation sites excluding steroid dienone is 1. The van der Waals surface area contributed by atoms with Crippen LogP contribution in [0.5, 0.6) is 0 Å². The lowest BCUT2D eigenvalue weighted by Gasteiger charge is -2.21. The number of hydrogen-bond acceptors (Lipinski definition) is 2. The molecule has 3 heteroatoms. The summed E-state index contributed by atoms with van der Waals surface area (Å²) in [5.74, 6) is 0.496. The zero-order valence-corrected chi connectivity index (χ0v) is 8.08. The number of amides is 1. The maximum absolute atomic E-state index is 11.0. The first-order valence-corrected chi connectivity index (χ1v) is 4.81. The molecule has 1 atom stereocenters. The summed E-state index contributed by atoms with van der Waals surface area (Å²) in [7, 11) is 0. The molecule has 0 bridgehead atoms. The fourth-order valence-electron chi connectivity index (χ4n) is 1.42. The second kappa shape index (κ2) is 5.75. The van der Waals surface area contributed by atoms with Crippen molar-refractivity contribution in [3.8, 4) is 0 Å². The van der Waals surface area contributed by atoms with E-state index in [4.69, 9.17) is 4.74 Å². The summed E-state index contributed by atoms with van der Waals surface area (Å²) >= 11 is 0. The van der Waals surface area contributed by atoms with E-state index in [0.717, 1.165) is 32.6 Å². The molecule has 1 unspecified atom stereocenters. The van der Waals surface area contributed by atoms with Crippen LogP contribution in [0.1, 0.15) is 19.8 Å². The highest BCUT2D eigenvalue weighted by atomic mass is 16.5. The summed E-state index contributed by atoms with van der Waals surface area (Å²) < 4.78 is 5.31. The van der Waals surface area contributed by atoms with Gasteiger partial charge in [0.2, 0.25) is 5.91 Å². The third-order valence-corrected chi connectivity index (χ3v) is 2.14. The Morgan fingerprint density at radius 2 is 2.54 bits per heavy atom. The minimum atomic E-state index is -0.00641. The molecule has 1 amide bonds. The Morgan fingerprint density at radius 3 is 3.15 bits per heavy atom. The molecular weight excluding hydrogens is 166 g/mol. The van der Waals surface area contributed by atoms with Crippen molar-refractivity contribution >= 4 is 5.91 Å². The van der Waals surface area contributed by atoms with E-state index in [2.05, 4.69) is 5.32 Å². The minimum absolute atomic E-state index is 0.00641. The van der Waals surface area contributed by atoms with Gasteiger partial charge in [0.15, 0.2) is 0 Å². The zero-order valence-electron chi connectivity index (χ0n) is 8.08. The van der Waals surface area contributed by atoms with Gasteiger partial charge in [0.25, 0.3) is 0 Å². The molecule has 0 aromatic rings. The summed E-state index contributed by atoms with van der Waals surface area (Å²) in [6.45, 7) is 4.24. The second-order valence-electron chi connectivity index (χ2n) is 3.33. The van der Waals surface area contributed by atoms with Gasteiger partial charge < -0.3 is 10.1 Å². The van der Waals surface area contributed by atoms with Crippen LogP contribution in [-0.2, 0) is 9.53 Å².